The number of nitrogens with zero attached hydrogens (tertiary/aromatic N) is 7. The number of halogens is 2. The zero-order valence-corrected chi connectivity index (χ0v) is 38.0. The van der Waals surface area contributed by atoms with E-state index in [9.17, 15) is 13.6 Å². The van der Waals surface area contributed by atoms with Crippen molar-refractivity contribution in [3.05, 3.63) is 102 Å². The molecule has 2 aromatic heterocycles. The van der Waals surface area contributed by atoms with Crippen molar-refractivity contribution in [1.82, 2.24) is 29.5 Å². The Hall–Kier alpha value is -4.78. The molecule has 0 spiro atoms. The molecule has 0 radical (unpaired) electrons. The maximum atomic E-state index is 13.3. The Kier molecular flexibility index (Phi) is 26.1. The Morgan fingerprint density at radius 3 is 1.80 bits per heavy atom. The first-order valence-electron chi connectivity index (χ1n) is 21.5. The average Bonchev–Trinajstić information content (AvgIpc) is 3.92. The maximum absolute atomic E-state index is 13.3. The molecule has 1 unspecified atom stereocenters. The maximum Gasteiger partial charge on any atom is 0.347 e. The molecule has 0 amide bonds. The summed E-state index contributed by atoms with van der Waals surface area (Å²) in [6, 6.07) is 16.3. The van der Waals surface area contributed by atoms with Gasteiger partial charge in [0, 0.05) is 44.2 Å². The molecule has 2 aromatic carbocycles. The van der Waals surface area contributed by atoms with E-state index >= 15 is 0 Å². The molecule has 4 aromatic rings. The molecule has 2 atom stereocenters. The summed E-state index contributed by atoms with van der Waals surface area (Å²) in [5, 5.41) is 10.2. The van der Waals surface area contributed by atoms with Crippen molar-refractivity contribution in [3.63, 3.8) is 0 Å². The van der Waals surface area contributed by atoms with Crippen LogP contribution in [0.3, 0.4) is 0 Å². The second-order valence-electron chi connectivity index (χ2n) is 14.1. The molecule has 59 heavy (non-hydrogen) atoms. The zero-order valence-electron chi connectivity index (χ0n) is 38.0. The Labute approximate surface area is 353 Å². The summed E-state index contributed by atoms with van der Waals surface area (Å²) in [4.78, 5) is 20.3. The number of alkyl halides is 1. The second-order valence-corrected chi connectivity index (χ2v) is 14.1. The van der Waals surface area contributed by atoms with Crippen LogP contribution in [0.5, 0.6) is 5.75 Å². The molecule has 3 heterocycles. The number of anilines is 2. The van der Waals surface area contributed by atoms with Crippen molar-refractivity contribution in [2.24, 2.45) is 11.8 Å². The molecule has 1 aliphatic heterocycles. The van der Waals surface area contributed by atoms with E-state index in [2.05, 4.69) is 82.0 Å². The molecule has 1 N–H and O–H groups in total. The highest BCUT2D eigenvalue weighted by atomic mass is 19.1. The molecular weight excluding hydrogens is 751 g/mol. The van der Waals surface area contributed by atoms with Crippen LogP contribution in [0.25, 0.3) is 5.69 Å². The van der Waals surface area contributed by atoms with Gasteiger partial charge in [-0.05, 0) is 107 Å². The molecular formula is C46H74F2N8O3. The third kappa shape index (κ3) is 19.2. The van der Waals surface area contributed by atoms with Crippen LogP contribution >= 0.6 is 0 Å². The minimum atomic E-state index is -1.30. The van der Waals surface area contributed by atoms with E-state index < -0.39 is 17.6 Å². The summed E-state index contributed by atoms with van der Waals surface area (Å²) in [6.45, 7) is 29.8. The van der Waals surface area contributed by atoms with Crippen molar-refractivity contribution in [2.75, 3.05) is 49.2 Å². The zero-order chi connectivity index (χ0) is 44.2. The predicted octanol–water partition coefficient (Wildman–Crippen LogP) is 10.6. The number of nitrogens with one attached hydrogen (secondary N) is 1. The van der Waals surface area contributed by atoms with E-state index in [1.165, 1.54) is 54.4 Å². The quantitative estimate of drug-likeness (QED) is 0.111. The van der Waals surface area contributed by atoms with Gasteiger partial charge in [0.25, 0.3) is 0 Å². The Balaban J connectivity index is 0.000000479. The minimum Gasteiger partial charge on any atom is -0.494 e. The van der Waals surface area contributed by atoms with E-state index in [4.69, 9.17) is 9.47 Å². The number of ether oxygens (including phenoxy) is 2. The minimum absolute atomic E-state index is 0.230. The highest BCUT2D eigenvalue weighted by molar-refractivity contribution is 5.54. The van der Waals surface area contributed by atoms with Crippen molar-refractivity contribution in [2.45, 2.75) is 121 Å². The number of H-pyrrole nitrogens is 1. The largest absolute Gasteiger partial charge is 0.494 e. The van der Waals surface area contributed by atoms with Crippen LogP contribution in [0.4, 0.5) is 20.2 Å². The van der Waals surface area contributed by atoms with Crippen molar-refractivity contribution >= 4 is 11.4 Å². The van der Waals surface area contributed by atoms with Gasteiger partial charge in [-0.1, -0.05) is 74.3 Å². The highest BCUT2D eigenvalue weighted by Gasteiger charge is 2.24. The molecule has 0 aliphatic carbocycles. The topological polar surface area (TPSA) is 106 Å². The van der Waals surface area contributed by atoms with Crippen LogP contribution in [0, 0.1) is 11.8 Å². The van der Waals surface area contributed by atoms with Gasteiger partial charge in [-0.3, -0.25) is 4.68 Å². The molecule has 1 aliphatic rings. The first kappa shape index (κ1) is 52.2. The van der Waals surface area contributed by atoms with Crippen molar-refractivity contribution < 1.29 is 18.3 Å². The molecule has 330 valence electrons. The first-order valence-corrected chi connectivity index (χ1v) is 21.5. The third-order valence-corrected chi connectivity index (χ3v) is 9.50. The summed E-state index contributed by atoms with van der Waals surface area (Å²) < 4.78 is 40.2. The summed E-state index contributed by atoms with van der Waals surface area (Å²) in [5.74, 6) is 2.16. The fourth-order valence-corrected chi connectivity index (χ4v) is 6.50. The smallest absolute Gasteiger partial charge is 0.347 e. The molecule has 1 fully saturated rings. The number of allylic oxidation sites excluding steroid dienone is 3. The van der Waals surface area contributed by atoms with Gasteiger partial charge in [0.05, 0.1) is 24.4 Å². The highest BCUT2D eigenvalue weighted by Crippen LogP contribution is 2.24. The molecule has 1 saturated heterocycles. The van der Waals surface area contributed by atoms with E-state index in [0.717, 1.165) is 55.5 Å². The normalized spacial score (nSPS) is 14.2. The number of aromatic nitrogens is 6. The lowest BCUT2D eigenvalue weighted by Crippen LogP contribution is -2.46. The van der Waals surface area contributed by atoms with Crippen LogP contribution in [0.2, 0.25) is 0 Å². The summed E-state index contributed by atoms with van der Waals surface area (Å²) >= 11 is 0. The molecule has 0 bridgehead atoms. The van der Waals surface area contributed by atoms with Gasteiger partial charge in [-0.2, -0.15) is 10.2 Å². The fourth-order valence-electron chi connectivity index (χ4n) is 6.50. The van der Waals surface area contributed by atoms with Gasteiger partial charge in [-0.15, -0.1) is 0 Å². The first-order chi connectivity index (χ1) is 28.4. The summed E-state index contributed by atoms with van der Waals surface area (Å²) in [5.41, 5.74) is 2.47. The predicted molar refractivity (Wildman–Crippen MR) is 241 cm³/mol. The number of benzene rings is 2. The average molecular weight is 825 g/mol. The monoisotopic (exact) mass is 825 g/mol. The summed E-state index contributed by atoms with van der Waals surface area (Å²) in [6.07, 6.45) is 10.2. The molecule has 0 saturated carbocycles. The Bertz CT molecular complexity index is 1730. The van der Waals surface area contributed by atoms with Crippen molar-refractivity contribution in [1.29, 1.82) is 0 Å². The van der Waals surface area contributed by atoms with E-state index in [1.54, 1.807) is 17.1 Å². The van der Waals surface area contributed by atoms with Gasteiger partial charge in [-0.25, -0.2) is 28.2 Å². The van der Waals surface area contributed by atoms with Crippen LogP contribution in [-0.2, 0) is 11.3 Å². The van der Waals surface area contributed by atoms with Gasteiger partial charge in [0.15, 0.2) is 0 Å². The molecule has 5 rings (SSSR count). The lowest BCUT2D eigenvalue weighted by molar-refractivity contribution is -0.0371. The van der Waals surface area contributed by atoms with Crippen LogP contribution in [0.15, 0.2) is 96.4 Å². The third-order valence-electron chi connectivity index (χ3n) is 9.50. The number of hydrogen-bond acceptors (Lipinski definition) is 8. The second kappa shape index (κ2) is 29.4. The Morgan fingerprint density at radius 2 is 1.39 bits per heavy atom. The van der Waals surface area contributed by atoms with Crippen LogP contribution < -0.4 is 20.2 Å². The summed E-state index contributed by atoms with van der Waals surface area (Å²) in [7, 11) is 0. The molecule has 11 nitrogen and oxygen atoms in total. The van der Waals surface area contributed by atoms with Gasteiger partial charge >= 0.3 is 5.69 Å². The Morgan fingerprint density at radius 1 is 0.847 bits per heavy atom. The van der Waals surface area contributed by atoms with Crippen LogP contribution in [-0.4, -0.2) is 80.7 Å². The van der Waals surface area contributed by atoms with Gasteiger partial charge < -0.3 is 19.3 Å². The number of piperazine rings is 1. The number of hydrogen-bond donors (Lipinski definition) is 1. The number of aromatic amines is 1. The van der Waals surface area contributed by atoms with Crippen molar-refractivity contribution in [3.8, 4) is 11.4 Å². The van der Waals surface area contributed by atoms with Crippen LogP contribution in [0.1, 0.15) is 102 Å². The fraction of sp³-hybridized carbons (Fsp3) is 0.565. The van der Waals surface area contributed by atoms with E-state index in [0.29, 0.717) is 26.2 Å². The standard InChI is InChI=1S/C20H23N5O2.C14H21F2N3O.C8H18.2C2H6/c1-2-27-19-9-7-17(8-10-19)24-13-11-23(12-14-24)16-3-5-18(6-4-16)25-15-21-22-20(25)26;1-4-20-14(3,9-19-11-17-10-18-19)7-5-6-13(16)8-12(2)15;1-5-8(6-2)7(3)4;2*1-2/h3-10,15H,2,11-14H2,1H3,(H,22,26);5-6,8,10-12H,4,7,9H2,1-3H3;7-8H,5-6H2,1-4H3;2*1-2H3/b;6-5-,13-8+;;;/t;12?,14-;;;/m.1.../s1. The van der Waals surface area contributed by atoms with E-state index in [-0.39, 0.29) is 5.69 Å². The van der Waals surface area contributed by atoms with Gasteiger partial charge in [0.1, 0.15) is 36.7 Å². The lowest BCUT2D eigenvalue weighted by Gasteiger charge is -2.37. The van der Waals surface area contributed by atoms with Gasteiger partial charge in [0.2, 0.25) is 0 Å². The van der Waals surface area contributed by atoms with E-state index in [1.807, 2.05) is 72.7 Å². The lowest BCUT2D eigenvalue weighted by atomic mass is 9.91. The SMILES string of the molecule is CC.CC.CCC(CC)C(C)C.CCO[C@](C)(C/C=C\C(F)=C/C(C)F)Cn1cncn1.CCOc1ccc(N2CCN(c3ccc(-n4cn[nH]c4=O)cc3)CC2)cc1. The number of rotatable bonds is 16. The molecule has 13 heteroatoms.